The first kappa shape index (κ1) is 30.6. The lowest BCUT2D eigenvalue weighted by atomic mass is 9.51. The van der Waals surface area contributed by atoms with Gasteiger partial charge in [-0.3, -0.25) is 24.1 Å². The van der Waals surface area contributed by atoms with Crippen molar-refractivity contribution in [1.29, 1.82) is 0 Å². The molecule has 4 aromatic rings. The summed E-state index contributed by atoms with van der Waals surface area (Å²) in [6.45, 7) is 1.80. The average molecular weight is 654 g/mol. The molecule has 2 aliphatic carbocycles. The number of benzene rings is 4. The lowest BCUT2D eigenvalue weighted by Crippen LogP contribution is -2.48. The molecule has 8 rings (SSSR count). The molecule has 2 aliphatic heterocycles. The van der Waals surface area contributed by atoms with Crippen molar-refractivity contribution in [2.45, 2.75) is 25.7 Å². The van der Waals surface area contributed by atoms with Crippen molar-refractivity contribution in [2.24, 2.45) is 29.1 Å². The summed E-state index contributed by atoms with van der Waals surface area (Å²) in [4.78, 5) is 59.9. The number of phenols is 1. The quantitative estimate of drug-likeness (QED) is 0.178. The average Bonchev–Trinajstić information content (AvgIpc) is 3.49. The van der Waals surface area contributed by atoms with Crippen LogP contribution in [0.1, 0.15) is 31.2 Å². The van der Waals surface area contributed by atoms with Crippen LogP contribution in [0.5, 0.6) is 11.5 Å². The number of carbonyl (C=O) groups excluding carboxylic acids is 4. The van der Waals surface area contributed by atoms with Crippen LogP contribution in [-0.4, -0.2) is 35.8 Å². The summed E-state index contributed by atoms with van der Waals surface area (Å²) < 4.78 is 5.52. The molecule has 9 heteroatoms. The lowest BCUT2D eigenvalue weighted by molar-refractivity contribution is -0.131. The Bertz CT molecular complexity index is 2030. The van der Waals surface area contributed by atoms with Crippen molar-refractivity contribution < 1.29 is 29.0 Å². The van der Waals surface area contributed by atoms with Crippen LogP contribution in [0.15, 0.2) is 115 Å². The molecule has 0 radical (unpaired) electrons. The highest BCUT2D eigenvalue weighted by Gasteiger charge is 2.68. The Balaban J connectivity index is 1.19. The Morgan fingerprint density at radius 3 is 2.10 bits per heavy atom. The highest BCUT2D eigenvalue weighted by molar-refractivity contribution is 6.25. The number of ether oxygens (including phenoxy) is 1. The zero-order chi connectivity index (χ0) is 34.0. The van der Waals surface area contributed by atoms with E-state index < -0.39 is 35.0 Å². The number of hydrogen-bond donors (Lipinski definition) is 2. The topological polar surface area (TPSA) is 116 Å². The standard InChI is InChI=1S/C40H35N3O6/c1-40-32(37(46)43(39(40)48)25-11-7-4-8-12-25)22-30-28(35(40)31-21-27(49-2)17-20-33(31)44)18-19-29-34(30)38(47)42(36(29)45)26-15-13-24(14-16-26)41-23-9-5-3-6-10-23/h3-18,20-21,29-30,32,34-35,41,44H,19,22H2,1-2H3/t29-,30+,32-,34-,35+,40+/m0/s1. The molecule has 4 amide bonds. The summed E-state index contributed by atoms with van der Waals surface area (Å²) >= 11 is 0. The molecule has 2 saturated heterocycles. The van der Waals surface area contributed by atoms with Crippen LogP contribution in [0.25, 0.3) is 0 Å². The Morgan fingerprint density at radius 2 is 1.41 bits per heavy atom. The molecule has 4 aromatic carbocycles. The molecule has 0 bridgehead atoms. The molecule has 6 atom stereocenters. The second-order valence-corrected chi connectivity index (χ2v) is 13.5. The van der Waals surface area contributed by atoms with E-state index in [-0.39, 0.29) is 35.8 Å². The summed E-state index contributed by atoms with van der Waals surface area (Å²) in [6.07, 6.45) is 2.50. The van der Waals surface area contributed by atoms with Crippen molar-refractivity contribution >= 4 is 46.4 Å². The number of carbonyl (C=O) groups is 4. The smallest absolute Gasteiger partial charge is 0.241 e. The number of aromatic hydroxyl groups is 1. The first-order valence-electron chi connectivity index (χ1n) is 16.5. The van der Waals surface area contributed by atoms with Crippen molar-refractivity contribution in [1.82, 2.24) is 0 Å². The Labute approximate surface area is 283 Å². The van der Waals surface area contributed by atoms with Crippen LogP contribution in [0.3, 0.4) is 0 Å². The number of hydrogen-bond acceptors (Lipinski definition) is 7. The first-order valence-corrected chi connectivity index (χ1v) is 16.5. The van der Waals surface area contributed by atoms with E-state index in [4.69, 9.17) is 4.74 Å². The van der Waals surface area contributed by atoms with Crippen LogP contribution in [0, 0.1) is 29.1 Å². The third-order valence-electron chi connectivity index (χ3n) is 11.0. The van der Waals surface area contributed by atoms with Gasteiger partial charge in [-0.05, 0) is 92.4 Å². The van der Waals surface area contributed by atoms with Crippen molar-refractivity contribution in [2.75, 3.05) is 22.2 Å². The van der Waals surface area contributed by atoms with Gasteiger partial charge in [0.25, 0.3) is 0 Å². The number of nitrogens with zero attached hydrogens (tertiary/aromatic N) is 2. The minimum absolute atomic E-state index is 0.0347. The molecule has 0 aromatic heterocycles. The van der Waals surface area contributed by atoms with E-state index in [1.54, 1.807) is 55.5 Å². The molecule has 246 valence electrons. The minimum Gasteiger partial charge on any atom is -0.508 e. The highest BCUT2D eigenvalue weighted by atomic mass is 16.5. The van der Waals surface area contributed by atoms with Gasteiger partial charge in [0.05, 0.1) is 41.7 Å². The molecule has 9 nitrogen and oxygen atoms in total. The van der Waals surface area contributed by atoms with Crippen LogP contribution < -0.4 is 19.9 Å². The van der Waals surface area contributed by atoms with Gasteiger partial charge in [0, 0.05) is 22.9 Å². The van der Waals surface area contributed by atoms with Gasteiger partial charge in [-0.1, -0.05) is 48.0 Å². The van der Waals surface area contributed by atoms with E-state index in [2.05, 4.69) is 5.32 Å². The van der Waals surface area contributed by atoms with Gasteiger partial charge in [-0.25, -0.2) is 4.90 Å². The van der Waals surface area contributed by atoms with Gasteiger partial charge >= 0.3 is 0 Å². The van der Waals surface area contributed by atoms with Crippen LogP contribution in [0.2, 0.25) is 0 Å². The van der Waals surface area contributed by atoms with E-state index >= 15 is 0 Å². The van der Waals surface area contributed by atoms with Crippen LogP contribution >= 0.6 is 0 Å². The molecule has 0 spiro atoms. The van der Waals surface area contributed by atoms with Crippen molar-refractivity contribution in [3.05, 3.63) is 120 Å². The molecule has 2 N–H and O–H groups in total. The third-order valence-corrected chi connectivity index (χ3v) is 11.0. The van der Waals surface area contributed by atoms with E-state index in [0.29, 0.717) is 29.1 Å². The molecule has 3 fully saturated rings. The normalized spacial score (nSPS) is 27.4. The maximum absolute atomic E-state index is 14.6. The number of nitrogens with one attached hydrogen (secondary N) is 1. The Hall–Kier alpha value is -5.70. The fourth-order valence-electron chi connectivity index (χ4n) is 8.71. The number of para-hydroxylation sites is 2. The maximum Gasteiger partial charge on any atom is 0.241 e. The molecule has 4 aliphatic rings. The summed E-state index contributed by atoms with van der Waals surface area (Å²) in [6, 6.07) is 30.6. The zero-order valence-electron chi connectivity index (χ0n) is 27.1. The van der Waals surface area contributed by atoms with Gasteiger partial charge in [-0.2, -0.15) is 0 Å². The second-order valence-electron chi connectivity index (χ2n) is 13.5. The van der Waals surface area contributed by atoms with Gasteiger partial charge in [0.15, 0.2) is 0 Å². The minimum atomic E-state index is -1.27. The fraction of sp³-hybridized carbons (Fsp3) is 0.250. The number of methoxy groups -OCH3 is 1. The summed E-state index contributed by atoms with van der Waals surface area (Å²) in [5.41, 5.74) is 2.67. The summed E-state index contributed by atoms with van der Waals surface area (Å²) in [5.74, 6) is -4.20. The Morgan fingerprint density at radius 1 is 0.755 bits per heavy atom. The second kappa shape index (κ2) is 11.5. The zero-order valence-corrected chi connectivity index (χ0v) is 27.1. The van der Waals surface area contributed by atoms with Crippen molar-refractivity contribution in [3.8, 4) is 11.5 Å². The summed E-state index contributed by atoms with van der Waals surface area (Å²) in [7, 11) is 1.53. The van der Waals surface area contributed by atoms with E-state index in [0.717, 1.165) is 16.9 Å². The molecular formula is C40H35N3O6. The van der Waals surface area contributed by atoms with Gasteiger partial charge in [0.1, 0.15) is 11.5 Å². The largest absolute Gasteiger partial charge is 0.508 e. The van der Waals surface area contributed by atoms with E-state index in [1.807, 2.05) is 54.6 Å². The number of fused-ring (bicyclic) bond motifs is 4. The monoisotopic (exact) mass is 653 g/mol. The van der Waals surface area contributed by atoms with Gasteiger partial charge in [0.2, 0.25) is 23.6 Å². The van der Waals surface area contributed by atoms with Crippen molar-refractivity contribution in [3.63, 3.8) is 0 Å². The van der Waals surface area contributed by atoms with Crippen LogP contribution in [-0.2, 0) is 19.2 Å². The lowest BCUT2D eigenvalue weighted by Gasteiger charge is -2.49. The van der Waals surface area contributed by atoms with E-state index in [9.17, 15) is 24.3 Å². The SMILES string of the molecule is COc1ccc(O)c([C@H]2C3=CC[C@@H]4C(=O)N(c5ccc(Nc6ccccc6)cc5)C(=O)[C@@H]4[C@@H]3C[C@H]3C(=O)N(c4ccccc4)C(=O)[C@@]23C)c1. The number of anilines is 4. The molecule has 49 heavy (non-hydrogen) atoms. The molecule has 0 unspecified atom stereocenters. The number of phenolic OH excluding ortho intramolecular Hbond substituents is 1. The van der Waals surface area contributed by atoms with Gasteiger partial charge < -0.3 is 15.2 Å². The predicted molar refractivity (Wildman–Crippen MR) is 184 cm³/mol. The van der Waals surface area contributed by atoms with Gasteiger partial charge in [-0.15, -0.1) is 0 Å². The van der Waals surface area contributed by atoms with Crippen LogP contribution in [0.4, 0.5) is 22.7 Å². The first-order chi connectivity index (χ1) is 23.7. The number of amides is 4. The molecule has 2 heterocycles. The highest BCUT2D eigenvalue weighted by Crippen LogP contribution is 2.64. The molecular weight excluding hydrogens is 618 g/mol. The molecule has 1 saturated carbocycles. The predicted octanol–water partition coefficient (Wildman–Crippen LogP) is 6.58. The Kier molecular flexibility index (Phi) is 7.17. The summed E-state index contributed by atoms with van der Waals surface area (Å²) in [5, 5.41) is 14.6. The number of imide groups is 2. The maximum atomic E-state index is 14.6. The van der Waals surface area contributed by atoms with E-state index in [1.165, 1.54) is 23.0 Å². The number of rotatable bonds is 6. The fourth-order valence-corrected chi connectivity index (χ4v) is 8.71. The number of allylic oxidation sites excluding steroid dienone is 2. The third kappa shape index (κ3) is 4.59.